The summed E-state index contributed by atoms with van der Waals surface area (Å²) in [7, 11) is 1.64. The zero-order chi connectivity index (χ0) is 12.8. The van der Waals surface area contributed by atoms with E-state index >= 15 is 0 Å². The molecule has 18 heavy (non-hydrogen) atoms. The quantitative estimate of drug-likeness (QED) is 0.869. The maximum Gasteiger partial charge on any atom is 0.212 e. The maximum absolute atomic E-state index is 5.05. The SMILES string of the molecule is COc1ccc(CNCC2CCCC(C)C2)cn1. The highest BCUT2D eigenvalue weighted by atomic mass is 16.5. The van der Waals surface area contributed by atoms with Crippen molar-refractivity contribution in [1.82, 2.24) is 10.3 Å². The molecular weight excluding hydrogens is 224 g/mol. The topological polar surface area (TPSA) is 34.1 Å². The van der Waals surface area contributed by atoms with Crippen LogP contribution in [0.15, 0.2) is 18.3 Å². The predicted molar refractivity (Wildman–Crippen MR) is 73.6 cm³/mol. The Bertz CT molecular complexity index is 350. The summed E-state index contributed by atoms with van der Waals surface area (Å²) in [5.74, 6) is 2.45. The van der Waals surface area contributed by atoms with E-state index in [4.69, 9.17) is 4.74 Å². The third-order valence-electron chi connectivity index (χ3n) is 3.81. The Hall–Kier alpha value is -1.09. The molecule has 100 valence electrons. The van der Waals surface area contributed by atoms with Crippen LogP contribution in [0.5, 0.6) is 5.88 Å². The molecule has 1 fully saturated rings. The van der Waals surface area contributed by atoms with Crippen molar-refractivity contribution in [3.8, 4) is 5.88 Å². The molecule has 0 aliphatic heterocycles. The van der Waals surface area contributed by atoms with Crippen LogP contribution in [0, 0.1) is 11.8 Å². The lowest BCUT2D eigenvalue weighted by molar-refractivity contribution is 0.274. The van der Waals surface area contributed by atoms with Crippen LogP contribution in [0.25, 0.3) is 0 Å². The zero-order valence-corrected chi connectivity index (χ0v) is 11.5. The van der Waals surface area contributed by atoms with Gasteiger partial charge >= 0.3 is 0 Å². The highest BCUT2D eigenvalue weighted by Crippen LogP contribution is 2.27. The van der Waals surface area contributed by atoms with Crippen LogP contribution in [0.4, 0.5) is 0 Å². The number of pyridine rings is 1. The number of hydrogen-bond acceptors (Lipinski definition) is 3. The molecule has 1 aliphatic carbocycles. The summed E-state index contributed by atoms with van der Waals surface area (Å²) in [6.07, 6.45) is 7.47. The first-order valence-corrected chi connectivity index (χ1v) is 6.97. The minimum absolute atomic E-state index is 0.680. The van der Waals surface area contributed by atoms with Gasteiger partial charge in [-0.3, -0.25) is 0 Å². The first kappa shape index (κ1) is 13.3. The highest BCUT2D eigenvalue weighted by molar-refractivity contribution is 5.17. The van der Waals surface area contributed by atoms with Crippen molar-refractivity contribution < 1.29 is 4.74 Å². The zero-order valence-electron chi connectivity index (χ0n) is 11.5. The Morgan fingerprint density at radius 3 is 2.94 bits per heavy atom. The Morgan fingerprint density at radius 1 is 1.39 bits per heavy atom. The van der Waals surface area contributed by atoms with Crippen molar-refractivity contribution in [1.29, 1.82) is 0 Å². The van der Waals surface area contributed by atoms with Gasteiger partial charge in [-0.2, -0.15) is 0 Å². The van der Waals surface area contributed by atoms with Crippen LogP contribution in [0.2, 0.25) is 0 Å². The molecule has 1 aromatic rings. The number of nitrogens with one attached hydrogen (secondary N) is 1. The van der Waals surface area contributed by atoms with Gasteiger partial charge in [0.25, 0.3) is 0 Å². The van der Waals surface area contributed by atoms with Gasteiger partial charge in [-0.15, -0.1) is 0 Å². The van der Waals surface area contributed by atoms with E-state index < -0.39 is 0 Å². The van der Waals surface area contributed by atoms with Crippen molar-refractivity contribution in [3.05, 3.63) is 23.9 Å². The van der Waals surface area contributed by atoms with Gasteiger partial charge in [0.1, 0.15) is 0 Å². The largest absolute Gasteiger partial charge is 0.481 e. The smallest absolute Gasteiger partial charge is 0.212 e. The third-order valence-corrected chi connectivity index (χ3v) is 3.81. The summed E-state index contributed by atoms with van der Waals surface area (Å²) in [4.78, 5) is 4.21. The van der Waals surface area contributed by atoms with E-state index in [1.165, 1.54) is 31.2 Å². The van der Waals surface area contributed by atoms with Gasteiger partial charge in [0.05, 0.1) is 7.11 Å². The second kappa shape index (κ2) is 6.74. The molecule has 1 N–H and O–H groups in total. The molecule has 2 atom stereocenters. The number of hydrogen-bond donors (Lipinski definition) is 1. The Balaban J connectivity index is 1.70. The number of aromatic nitrogens is 1. The normalized spacial score (nSPS) is 23.9. The third kappa shape index (κ3) is 3.98. The minimum Gasteiger partial charge on any atom is -0.481 e. The van der Waals surface area contributed by atoms with Gasteiger partial charge in [0.15, 0.2) is 0 Å². The van der Waals surface area contributed by atoms with Gasteiger partial charge in [0, 0.05) is 18.8 Å². The molecule has 0 spiro atoms. The van der Waals surface area contributed by atoms with Crippen LogP contribution >= 0.6 is 0 Å². The van der Waals surface area contributed by atoms with Crippen LogP contribution < -0.4 is 10.1 Å². The van der Waals surface area contributed by atoms with Gasteiger partial charge in [-0.25, -0.2) is 4.98 Å². The van der Waals surface area contributed by atoms with Gasteiger partial charge < -0.3 is 10.1 Å². The first-order chi connectivity index (χ1) is 8.78. The molecule has 1 aliphatic rings. The van der Waals surface area contributed by atoms with E-state index in [0.29, 0.717) is 5.88 Å². The summed E-state index contributed by atoms with van der Waals surface area (Å²) in [6.45, 7) is 4.41. The van der Waals surface area contributed by atoms with E-state index in [2.05, 4.69) is 23.3 Å². The maximum atomic E-state index is 5.05. The molecule has 2 unspecified atom stereocenters. The summed E-state index contributed by atoms with van der Waals surface area (Å²) >= 11 is 0. The van der Waals surface area contributed by atoms with Crippen molar-refractivity contribution in [2.24, 2.45) is 11.8 Å². The molecule has 2 rings (SSSR count). The second-order valence-corrected chi connectivity index (χ2v) is 5.48. The standard InChI is InChI=1S/C15H24N2O/c1-12-4-3-5-13(8-12)9-16-10-14-6-7-15(18-2)17-11-14/h6-7,11-13,16H,3-5,8-10H2,1-2H3. The number of rotatable bonds is 5. The first-order valence-electron chi connectivity index (χ1n) is 6.97. The van der Waals surface area contributed by atoms with Crippen molar-refractivity contribution >= 4 is 0 Å². The Morgan fingerprint density at radius 2 is 2.28 bits per heavy atom. The fourth-order valence-corrected chi connectivity index (χ4v) is 2.80. The number of nitrogens with zero attached hydrogens (tertiary/aromatic N) is 1. The minimum atomic E-state index is 0.680. The Labute approximate surface area is 110 Å². The molecule has 1 saturated carbocycles. The molecule has 3 heteroatoms. The molecule has 1 heterocycles. The van der Waals surface area contributed by atoms with Crippen molar-refractivity contribution in [2.45, 2.75) is 39.2 Å². The molecule has 0 aromatic carbocycles. The monoisotopic (exact) mass is 248 g/mol. The lowest BCUT2D eigenvalue weighted by atomic mass is 9.82. The van der Waals surface area contributed by atoms with Gasteiger partial charge in [-0.05, 0) is 36.8 Å². The average molecular weight is 248 g/mol. The molecule has 0 saturated heterocycles. The Kier molecular flexibility index (Phi) is 5.00. The highest BCUT2D eigenvalue weighted by Gasteiger charge is 2.18. The molecular formula is C15H24N2O. The molecule has 0 radical (unpaired) electrons. The summed E-state index contributed by atoms with van der Waals surface area (Å²) < 4.78 is 5.05. The van der Waals surface area contributed by atoms with Crippen molar-refractivity contribution in [3.63, 3.8) is 0 Å². The van der Waals surface area contributed by atoms with E-state index in [1.54, 1.807) is 7.11 Å². The van der Waals surface area contributed by atoms with E-state index in [9.17, 15) is 0 Å². The molecule has 0 amide bonds. The molecule has 0 bridgehead atoms. The predicted octanol–water partition coefficient (Wildman–Crippen LogP) is 3.01. The van der Waals surface area contributed by atoms with Crippen LogP contribution in [-0.4, -0.2) is 18.6 Å². The van der Waals surface area contributed by atoms with Crippen LogP contribution in [0.3, 0.4) is 0 Å². The number of ether oxygens (including phenoxy) is 1. The second-order valence-electron chi connectivity index (χ2n) is 5.48. The van der Waals surface area contributed by atoms with Gasteiger partial charge in [-0.1, -0.05) is 25.8 Å². The lowest BCUT2D eigenvalue weighted by Crippen LogP contribution is -2.26. The van der Waals surface area contributed by atoms with Crippen LogP contribution in [0.1, 0.15) is 38.2 Å². The van der Waals surface area contributed by atoms with E-state index in [-0.39, 0.29) is 0 Å². The van der Waals surface area contributed by atoms with Crippen LogP contribution in [-0.2, 0) is 6.54 Å². The molecule has 3 nitrogen and oxygen atoms in total. The van der Waals surface area contributed by atoms with Crippen molar-refractivity contribution in [2.75, 3.05) is 13.7 Å². The lowest BCUT2D eigenvalue weighted by Gasteiger charge is -2.26. The van der Waals surface area contributed by atoms with E-state index in [1.807, 2.05) is 12.3 Å². The average Bonchev–Trinajstić information content (AvgIpc) is 2.40. The van der Waals surface area contributed by atoms with E-state index in [0.717, 1.165) is 24.9 Å². The fraction of sp³-hybridized carbons (Fsp3) is 0.667. The number of methoxy groups -OCH3 is 1. The fourth-order valence-electron chi connectivity index (χ4n) is 2.80. The summed E-state index contributed by atoms with van der Waals surface area (Å²) in [5.41, 5.74) is 1.22. The summed E-state index contributed by atoms with van der Waals surface area (Å²) in [5, 5.41) is 3.55. The molecule has 1 aromatic heterocycles. The van der Waals surface area contributed by atoms with Gasteiger partial charge in [0.2, 0.25) is 5.88 Å². The summed E-state index contributed by atoms with van der Waals surface area (Å²) in [6, 6.07) is 3.99.